The first-order chi connectivity index (χ1) is 12.4. The summed E-state index contributed by atoms with van der Waals surface area (Å²) in [7, 11) is 0. The van der Waals surface area contributed by atoms with E-state index in [9.17, 15) is 19.7 Å². The molecule has 2 rings (SSSR count). The standard InChI is InChI=1S/C16H12ClIN4O4/c17-13-6-5-11(22(25)26)7-10(13)8-20-21-15(23)9-19-16(24)12-3-1-2-4-14(12)18/h1-8H,9H2,(H,19,24)(H,21,23)/b20-8-. The van der Waals surface area contributed by atoms with Crippen molar-refractivity contribution < 1.29 is 14.5 Å². The largest absolute Gasteiger partial charge is 0.343 e. The zero-order valence-corrected chi connectivity index (χ0v) is 16.0. The SMILES string of the molecule is O=C(CNC(=O)c1ccccc1I)N/N=C\c1cc([N+](=O)[O-])ccc1Cl. The van der Waals surface area contributed by atoms with Crippen molar-refractivity contribution in [2.45, 2.75) is 0 Å². The molecule has 0 aromatic heterocycles. The van der Waals surface area contributed by atoms with Crippen LogP contribution in [0.4, 0.5) is 5.69 Å². The maximum absolute atomic E-state index is 12.0. The van der Waals surface area contributed by atoms with E-state index in [0.29, 0.717) is 5.56 Å². The topological polar surface area (TPSA) is 114 Å². The van der Waals surface area contributed by atoms with Crippen LogP contribution >= 0.6 is 34.2 Å². The molecule has 0 saturated carbocycles. The zero-order chi connectivity index (χ0) is 19.1. The highest BCUT2D eigenvalue weighted by atomic mass is 127. The fraction of sp³-hybridized carbons (Fsp3) is 0.0625. The molecule has 0 heterocycles. The number of nitrogens with one attached hydrogen (secondary N) is 2. The van der Waals surface area contributed by atoms with Crippen LogP contribution in [0.15, 0.2) is 47.6 Å². The molecule has 0 fully saturated rings. The van der Waals surface area contributed by atoms with Gasteiger partial charge in [0.15, 0.2) is 0 Å². The summed E-state index contributed by atoms with van der Waals surface area (Å²) in [5, 5.41) is 17.2. The van der Waals surface area contributed by atoms with E-state index < -0.39 is 10.8 Å². The molecule has 0 spiro atoms. The van der Waals surface area contributed by atoms with Gasteiger partial charge in [0.25, 0.3) is 17.5 Å². The Balaban J connectivity index is 1.90. The maximum Gasteiger partial charge on any atom is 0.270 e. The molecule has 8 nitrogen and oxygen atoms in total. The number of rotatable bonds is 6. The number of hydrogen-bond acceptors (Lipinski definition) is 5. The van der Waals surface area contributed by atoms with Crippen molar-refractivity contribution in [2.75, 3.05) is 6.54 Å². The number of non-ortho nitro benzene ring substituents is 1. The summed E-state index contributed by atoms with van der Waals surface area (Å²) in [4.78, 5) is 33.9. The monoisotopic (exact) mass is 486 g/mol. The Kier molecular flexibility index (Phi) is 7.04. The lowest BCUT2D eigenvalue weighted by molar-refractivity contribution is -0.384. The minimum Gasteiger partial charge on any atom is -0.343 e. The number of carbonyl (C=O) groups excluding carboxylic acids is 2. The second kappa shape index (κ2) is 9.25. The van der Waals surface area contributed by atoms with Crippen molar-refractivity contribution in [2.24, 2.45) is 5.10 Å². The highest BCUT2D eigenvalue weighted by Crippen LogP contribution is 2.20. The third-order valence-electron chi connectivity index (χ3n) is 3.11. The molecule has 0 unspecified atom stereocenters. The van der Waals surface area contributed by atoms with Crippen LogP contribution < -0.4 is 10.7 Å². The van der Waals surface area contributed by atoms with Gasteiger partial charge in [-0.05, 0) is 40.8 Å². The Labute approximate surface area is 166 Å². The van der Waals surface area contributed by atoms with Gasteiger partial charge in [-0.15, -0.1) is 0 Å². The number of nitro groups is 1. The lowest BCUT2D eigenvalue weighted by Crippen LogP contribution is -2.35. The van der Waals surface area contributed by atoms with Gasteiger partial charge in [-0.3, -0.25) is 19.7 Å². The highest BCUT2D eigenvalue weighted by Gasteiger charge is 2.11. The molecule has 2 N–H and O–H groups in total. The molecular formula is C16H12ClIN4O4. The summed E-state index contributed by atoms with van der Waals surface area (Å²) in [6, 6.07) is 10.8. The molecule has 26 heavy (non-hydrogen) atoms. The molecule has 0 aliphatic carbocycles. The van der Waals surface area contributed by atoms with E-state index in [1.165, 1.54) is 24.4 Å². The summed E-state index contributed by atoms with van der Waals surface area (Å²) < 4.78 is 0.765. The second-order valence-electron chi connectivity index (χ2n) is 4.92. The normalized spacial score (nSPS) is 10.5. The van der Waals surface area contributed by atoms with E-state index in [1.807, 2.05) is 22.6 Å². The van der Waals surface area contributed by atoms with E-state index in [-0.39, 0.29) is 28.7 Å². The number of amides is 2. The minimum atomic E-state index is -0.563. The molecule has 2 aromatic carbocycles. The number of hydrogen-bond donors (Lipinski definition) is 2. The summed E-state index contributed by atoms with van der Waals surface area (Å²) >= 11 is 7.94. The Hall–Kier alpha value is -2.53. The molecule has 0 aliphatic heterocycles. The third-order valence-corrected chi connectivity index (χ3v) is 4.40. The molecule has 0 radical (unpaired) electrons. The quantitative estimate of drug-likeness (QED) is 0.283. The first-order valence-electron chi connectivity index (χ1n) is 7.17. The molecule has 0 atom stereocenters. The van der Waals surface area contributed by atoms with Gasteiger partial charge in [0.1, 0.15) is 0 Å². The fourth-order valence-corrected chi connectivity index (χ4v) is 2.66. The van der Waals surface area contributed by atoms with Gasteiger partial charge in [0.05, 0.1) is 23.2 Å². The lowest BCUT2D eigenvalue weighted by atomic mass is 10.2. The van der Waals surface area contributed by atoms with Gasteiger partial charge in [-0.1, -0.05) is 23.7 Å². The van der Waals surface area contributed by atoms with Gasteiger partial charge in [-0.2, -0.15) is 5.10 Å². The number of halogens is 2. The highest BCUT2D eigenvalue weighted by molar-refractivity contribution is 14.1. The van der Waals surface area contributed by atoms with E-state index in [0.717, 1.165) is 3.57 Å². The fourth-order valence-electron chi connectivity index (χ4n) is 1.86. The molecule has 2 aromatic rings. The van der Waals surface area contributed by atoms with Crippen LogP contribution in [-0.4, -0.2) is 29.5 Å². The van der Waals surface area contributed by atoms with Crippen LogP contribution in [-0.2, 0) is 4.79 Å². The molecule has 134 valence electrons. The summed E-state index contributed by atoms with van der Waals surface area (Å²) in [6.45, 7) is -0.274. The first-order valence-corrected chi connectivity index (χ1v) is 8.62. The van der Waals surface area contributed by atoms with Gasteiger partial charge in [0.2, 0.25) is 0 Å². The van der Waals surface area contributed by atoms with Crippen molar-refractivity contribution >= 4 is 57.9 Å². The number of carbonyl (C=O) groups is 2. The van der Waals surface area contributed by atoms with Crippen LogP contribution in [0.25, 0.3) is 0 Å². The number of nitro benzene ring substituents is 1. The van der Waals surface area contributed by atoms with Gasteiger partial charge < -0.3 is 5.32 Å². The van der Waals surface area contributed by atoms with Crippen LogP contribution in [0.3, 0.4) is 0 Å². The van der Waals surface area contributed by atoms with E-state index >= 15 is 0 Å². The molecule has 0 bridgehead atoms. The molecule has 0 aliphatic rings. The Morgan fingerprint density at radius 1 is 1.27 bits per heavy atom. The van der Waals surface area contributed by atoms with Crippen LogP contribution in [0, 0.1) is 13.7 Å². The molecule has 10 heteroatoms. The average Bonchev–Trinajstić information content (AvgIpc) is 2.61. The number of nitrogens with zero attached hydrogens (tertiary/aromatic N) is 2. The predicted octanol–water partition coefficient (Wildman–Crippen LogP) is 2.73. The summed E-state index contributed by atoms with van der Waals surface area (Å²) in [5.74, 6) is -0.932. The van der Waals surface area contributed by atoms with Gasteiger partial charge in [-0.25, -0.2) is 5.43 Å². The minimum absolute atomic E-state index is 0.146. The van der Waals surface area contributed by atoms with Crippen molar-refractivity contribution in [3.63, 3.8) is 0 Å². The Morgan fingerprint density at radius 3 is 2.69 bits per heavy atom. The maximum atomic E-state index is 12.0. The van der Waals surface area contributed by atoms with Crippen LogP contribution in [0.5, 0.6) is 0 Å². The van der Waals surface area contributed by atoms with Gasteiger partial charge in [0, 0.05) is 26.3 Å². The molecule has 2 amide bonds. The molecular weight excluding hydrogens is 475 g/mol. The van der Waals surface area contributed by atoms with Crippen molar-refractivity contribution in [1.82, 2.24) is 10.7 Å². The van der Waals surface area contributed by atoms with Crippen LogP contribution in [0.2, 0.25) is 5.02 Å². The lowest BCUT2D eigenvalue weighted by Gasteiger charge is -2.05. The van der Waals surface area contributed by atoms with E-state index in [1.54, 1.807) is 24.3 Å². The predicted molar refractivity (Wildman–Crippen MR) is 105 cm³/mol. The Morgan fingerprint density at radius 2 is 2.00 bits per heavy atom. The number of hydrazone groups is 1. The second-order valence-corrected chi connectivity index (χ2v) is 6.49. The first kappa shape index (κ1) is 19.8. The average molecular weight is 487 g/mol. The van der Waals surface area contributed by atoms with Crippen molar-refractivity contribution in [1.29, 1.82) is 0 Å². The van der Waals surface area contributed by atoms with Crippen molar-refractivity contribution in [3.8, 4) is 0 Å². The smallest absolute Gasteiger partial charge is 0.270 e. The van der Waals surface area contributed by atoms with Crippen LogP contribution in [0.1, 0.15) is 15.9 Å². The number of benzene rings is 2. The zero-order valence-electron chi connectivity index (χ0n) is 13.1. The van der Waals surface area contributed by atoms with E-state index in [4.69, 9.17) is 11.6 Å². The van der Waals surface area contributed by atoms with Crippen molar-refractivity contribution in [3.05, 3.63) is 72.3 Å². The van der Waals surface area contributed by atoms with E-state index in [2.05, 4.69) is 15.8 Å². The Bertz CT molecular complexity index is 888. The summed E-state index contributed by atoms with van der Waals surface area (Å²) in [6.07, 6.45) is 1.19. The molecule has 0 saturated heterocycles. The summed E-state index contributed by atoms with van der Waals surface area (Å²) in [5.41, 5.74) is 2.81. The third kappa shape index (κ3) is 5.49. The van der Waals surface area contributed by atoms with Gasteiger partial charge >= 0.3 is 0 Å².